The largest absolute Gasteiger partial charge is 0.307 e. The molecule has 0 radical (unpaired) electrons. The molecule has 1 saturated heterocycles. The van der Waals surface area contributed by atoms with E-state index in [1.807, 2.05) is 6.07 Å². The Morgan fingerprint density at radius 3 is 3.13 bits per heavy atom. The third-order valence-electron chi connectivity index (χ3n) is 3.36. The van der Waals surface area contributed by atoms with E-state index in [2.05, 4.69) is 27.7 Å². The Morgan fingerprint density at radius 1 is 1.27 bits per heavy atom. The predicted molar refractivity (Wildman–Crippen MR) is 59.2 cm³/mol. The molecule has 1 aromatic rings. The van der Waals surface area contributed by atoms with Crippen LogP contribution in [0.25, 0.3) is 5.57 Å². The normalized spacial score (nSPS) is 29.7. The van der Waals surface area contributed by atoms with Gasteiger partial charge in [0.2, 0.25) is 0 Å². The fourth-order valence-electron chi connectivity index (χ4n) is 2.61. The van der Waals surface area contributed by atoms with Crippen LogP contribution in [0.3, 0.4) is 0 Å². The van der Waals surface area contributed by atoms with E-state index in [-0.39, 0.29) is 0 Å². The first kappa shape index (κ1) is 9.04. The first-order chi connectivity index (χ1) is 7.43. The maximum absolute atomic E-state index is 4.20. The standard InChI is InChI=1S/C12H15N3/c1-3-9-6-7-11(14-9)10(4-1)12-5-2-8-13-15-12/h2,4-5,8-9,11,14H,1,3,6-7H2/t9-,11-/m0/s1. The molecule has 3 rings (SSSR count). The van der Waals surface area contributed by atoms with Gasteiger partial charge in [0.1, 0.15) is 0 Å². The number of hydrogen-bond acceptors (Lipinski definition) is 3. The second-order valence-corrected chi connectivity index (χ2v) is 4.34. The van der Waals surface area contributed by atoms with Crippen LogP contribution in [-0.2, 0) is 0 Å². The Bertz CT molecular complexity index is 372. The van der Waals surface area contributed by atoms with Crippen LogP contribution in [-0.4, -0.2) is 22.3 Å². The fourth-order valence-corrected chi connectivity index (χ4v) is 2.61. The summed E-state index contributed by atoms with van der Waals surface area (Å²) in [5.74, 6) is 0. The van der Waals surface area contributed by atoms with Crippen molar-refractivity contribution in [1.82, 2.24) is 15.5 Å². The van der Waals surface area contributed by atoms with Gasteiger partial charge in [0, 0.05) is 18.3 Å². The summed E-state index contributed by atoms with van der Waals surface area (Å²) in [7, 11) is 0. The maximum Gasteiger partial charge on any atom is 0.0901 e. The third kappa shape index (κ3) is 1.67. The average molecular weight is 201 g/mol. The van der Waals surface area contributed by atoms with Crippen LogP contribution >= 0.6 is 0 Å². The highest BCUT2D eigenvalue weighted by Crippen LogP contribution is 2.30. The number of nitrogens with zero attached hydrogens (tertiary/aromatic N) is 2. The third-order valence-corrected chi connectivity index (χ3v) is 3.36. The van der Waals surface area contributed by atoms with Crippen LogP contribution < -0.4 is 5.32 Å². The zero-order valence-corrected chi connectivity index (χ0v) is 8.69. The number of fused-ring (bicyclic) bond motifs is 2. The minimum absolute atomic E-state index is 0.509. The van der Waals surface area contributed by atoms with E-state index >= 15 is 0 Å². The Kier molecular flexibility index (Phi) is 2.25. The van der Waals surface area contributed by atoms with E-state index < -0.39 is 0 Å². The molecule has 0 unspecified atom stereocenters. The van der Waals surface area contributed by atoms with Gasteiger partial charge in [-0.2, -0.15) is 10.2 Å². The lowest BCUT2D eigenvalue weighted by Gasteiger charge is -2.13. The van der Waals surface area contributed by atoms with Crippen molar-refractivity contribution in [3.8, 4) is 0 Å². The van der Waals surface area contributed by atoms with Gasteiger partial charge in [0.25, 0.3) is 0 Å². The number of nitrogens with one attached hydrogen (secondary N) is 1. The molecule has 0 amide bonds. The van der Waals surface area contributed by atoms with Gasteiger partial charge in [-0.25, -0.2) is 0 Å². The second kappa shape index (κ2) is 3.74. The number of aromatic nitrogens is 2. The van der Waals surface area contributed by atoms with Crippen LogP contribution in [0.2, 0.25) is 0 Å². The number of rotatable bonds is 1. The summed E-state index contributed by atoms with van der Waals surface area (Å²) in [6.45, 7) is 0. The summed E-state index contributed by atoms with van der Waals surface area (Å²) in [6.07, 6.45) is 9.04. The molecule has 2 bridgehead atoms. The van der Waals surface area contributed by atoms with Crippen LogP contribution in [0.1, 0.15) is 31.4 Å². The van der Waals surface area contributed by atoms with Crippen molar-refractivity contribution in [2.75, 3.05) is 0 Å². The molecule has 0 saturated carbocycles. The van der Waals surface area contributed by atoms with Gasteiger partial charge < -0.3 is 5.32 Å². The van der Waals surface area contributed by atoms with Crippen LogP contribution in [0, 0.1) is 0 Å². The zero-order valence-electron chi connectivity index (χ0n) is 8.69. The van der Waals surface area contributed by atoms with Gasteiger partial charge in [0.15, 0.2) is 0 Å². The van der Waals surface area contributed by atoms with Crippen molar-refractivity contribution in [1.29, 1.82) is 0 Å². The smallest absolute Gasteiger partial charge is 0.0901 e. The lowest BCUT2D eigenvalue weighted by molar-refractivity contribution is 0.559. The molecule has 2 atom stereocenters. The van der Waals surface area contributed by atoms with E-state index in [4.69, 9.17) is 0 Å². The van der Waals surface area contributed by atoms with Gasteiger partial charge in [-0.15, -0.1) is 0 Å². The topological polar surface area (TPSA) is 37.8 Å². The van der Waals surface area contributed by atoms with Gasteiger partial charge in [0.05, 0.1) is 5.69 Å². The monoisotopic (exact) mass is 201 g/mol. The summed E-state index contributed by atoms with van der Waals surface area (Å²) in [4.78, 5) is 0. The first-order valence-corrected chi connectivity index (χ1v) is 5.67. The molecule has 3 heteroatoms. The van der Waals surface area contributed by atoms with Crippen molar-refractivity contribution in [3.63, 3.8) is 0 Å². The molecule has 3 heterocycles. The van der Waals surface area contributed by atoms with Gasteiger partial charge in [-0.3, -0.25) is 0 Å². The van der Waals surface area contributed by atoms with Crippen molar-refractivity contribution in [2.45, 2.75) is 37.8 Å². The van der Waals surface area contributed by atoms with E-state index in [1.165, 1.54) is 31.3 Å². The van der Waals surface area contributed by atoms with E-state index in [0.717, 1.165) is 11.7 Å². The molecular weight excluding hydrogens is 186 g/mol. The highest BCUT2D eigenvalue weighted by molar-refractivity contribution is 5.67. The van der Waals surface area contributed by atoms with Crippen molar-refractivity contribution in [3.05, 3.63) is 30.1 Å². The maximum atomic E-state index is 4.20. The Balaban J connectivity index is 1.94. The molecule has 1 aromatic heterocycles. The molecule has 3 nitrogen and oxygen atoms in total. The molecule has 1 N–H and O–H groups in total. The summed E-state index contributed by atoms with van der Waals surface area (Å²) in [5, 5.41) is 11.8. The zero-order chi connectivity index (χ0) is 10.1. The van der Waals surface area contributed by atoms with Crippen molar-refractivity contribution >= 4 is 5.57 Å². The Labute approximate surface area is 89.6 Å². The quantitative estimate of drug-likeness (QED) is 0.752. The van der Waals surface area contributed by atoms with Gasteiger partial charge in [-0.05, 0) is 43.4 Å². The summed E-state index contributed by atoms with van der Waals surface area (Å²) in [5.41, 5.74) is 2.39. The number of allylic oxidation sites excluding steroid dienone is 1. The summed E-state index contributed by atoms with van der Waals surface area (Å²) in [6, 6.07) is 5.24. The summed E-state index contributed by atoms with van der Waals surface area (Å²) >= 11 is 0. The molecular formula is C12H15N3. The van der Waals surface area contributed by atoms with Crippen molar-refractivity contribution < 1.29 is 0 Å². The van der Waals surface area contributed by atoms with E-state index in [1.54, 1.807) is 6.20 Å². The highest BCUT2D eigenvalue weighted by Gasteiger charge is 2.29. The molecule has 0 aromatic carbocycles. The minimum atomic E-state index is 0.509. The lowest BCUT2D eigenvalue weighted by Crippen LogP contribution is -2.28. The minimum Gasteiger partial charge on any atom is -0.307 e. The molecule has 1 fully saturated rings. The van der Waals surface area contributed by atoms with Crippen molar-refractivity contribution in [2.24, 2.45) is 0 Å². The Morgan fingerprint density at radius 2 is 2.27 bits per heavy atom. The molecule has 15 heavy (non-hydrogen) atoms. The van der Waals surface area contributed by atoms with E-state index in [9.17, 15) is 0 Å². The number of hydrogen-bond donors (Lipinski definition) is 1. The van der Waals surface area contributed by atoms with E-state index in [0.29, 0.717) is 6.04 Å². The summed E-state index contributed by atoms with van der Waals surface area (Å²) < 4.78 is 0. The van der Waals surface area contributed by atoms with Crippen LogP contribution in [0.4, 0.5) is 0 Å². The molecule has 2 aliphatic rings. The SMILES string of the molecule is C1=C(c2cccnn2)[C@@H]2CC[C@H](CC1)N2. The molecule has 0 spiro atoms. The van der Waals surface area contributed by atoms with Gasteiger partial charge in [-0.1, -0.05) is 6.08 Å². The lowest BCUT2D eigenvalue weighted by atomic mass is 9.97. The average Bonchev–Trinajstić information content (AvgIpc) is 2.61. The highest BCUT2D eigenvalue weighted by atomic mass is 15.1. The first-order valence-electron chi connectivity index (χ1n) is 5.67. The predicted octanol–water partition coefficient (Wildman–Crippen LogP) is 1.77. The van der Waals surface area contributed by atoms with Crippen LogP contribution in [0.5, 0.6) is 0 Å². The van der Waals surface area contributed by atoms with Gasteiger partial charge >= 0.3 is 0 Å². The molecule has 2 aliphatic heterocycles. The second-order valence-electron chi connectivity index (χ2n) is 4.34. The van der Waals surface area contributed by atoms with Crippen LogP contribution in [0.15, 0.2) is 24.4 Å². The molecule has 0 aliphatic carbocycles. The fraction of sp³-hybridized carbons (Fsp3) is 0.500. The Hall–Kier alpha value is -1.22. The molecule has 78 valence electrons.